The first-order chi connectivity index (χ1) is 35.9. The van der Waals surface area contributed by atoms with Crippen molar-refractivity contribution in [3.05, 3.63) is 12.2 Å². The Morgan fingerprint density at radius 1 is 0.405 bits per heavy atom. The Morgan fingerprint density at radius 3 is 1.07 bits per heavy atom. The van der Waals surface area contributed by atoms with E-state index >= 15 is 0 Å². The Morgan fingerprint density at radius 2 is 0.703 bits per heavy atom. The first kappa shape index (κ1) is 70.6. The Kier molecular flexibility index (Phi) is 47.6. The van der Waals surface area contributed by atoms with E-state index in [1.165, 1.54) is 225 Å². The number of rotatable bonds is 54. The normalized spacial score (nSPS) is 20.3. The molecule has 0 aromatic carbocycles. The summed E-state index contributed by atoms with van der Waals surface area (Å²) in [5.74, 6) is -1.12. The van der Waals surface area contributed by atoms with Crippen molar-refractivity contribution in [1.29, 1.82) is 0 Å². The summed E-state index contributed by atoms with van der Waals surface area (Å²) in [5, 5.41) is 50.4. The van der Waals surface area contributed by atoms with Crippen molar-refractivity contribution in [3.63, 3.8) is 0 Å². The number of esters is 2. The molecule has 0 bridgehead atoms. The van der Waals surface area contributed by atoms with Crippen molar-refractivity contribution in [2.24, 2.45) is 0 Å². The van der Waals surface area contributed by atoms with E-state index in [0.717, 1.165) is 32.1 Å². The van der Waals surface area contributed by atoms with Crippen LogP contribution in [-0.2, 0) is 32.7 Å². The summed E-state index contributed by atoms with van der Waals surface area (Å²) in [7, 11) is -5.13. The minimum Gasteiger partial charge on any atom is -0.462 e. The van der Waals surface area contributed by atoms with Gasteiger partial charge in [-0.15, -0.1) is 0 Å². The molecule has 6 unspecified atom stereocenters. The van der Waals surface area contributed by atoms with E-state index < -0.39 is 75.7 Å². The van der Waals surface area contributed by atoms with E-state index in [9.17, 15) is 44.6 Å². The lowest BCUT2D eigenvalue weighted by atomic mass is 9.85. The quantitative estimate of drug-likeness (QED) is 0.0145. The van der Waals surface area contributed by atoms with Crippen LogP contribution in [0.2, 0.25) is 0 Å². The molecule has 438 valence electrons. The molecule has 13 nitrogen and oxygen atoms in total. The molecule has 0 aromatic heterocycles. The summed E-state index contributed by atoms with van der Waals surface area (Å²) in [6.07, 6.45) is 45.6. The number of unbranched alkanes of at least 4 members (excludes halogenated alkanes) is 40. The van der Waals surface area contributed by atoms with E-state index in [2.05, 4.69) is 26.0 Å². The highest BCUT2D eigenvalue weighted by Crippen LogP contribution is 2.47. The molecule has 0 saturated heterocycles. The zero-order valence-electron chi connectivity index (χ0n) is 47.4. The smallest absolute Gasteiger partial charge is 0.462 e. The molecule has 74 heavy (non-hydrogen) atoms. The molecule has 8 atom stereocenters. The van der Waals surface area contributed by atoms with Gasteiger partial charge in [0.1, 0.15) is 43.2 Å². The fourth-order valence-corrected chi connectivity index (χ4v) is 10.9. The Labute approximate surface area is 452 Å². The van der Waals surface area contributed by atoms with Crippen LogP contribution in [0.15, 0.2) is 12.2 Å². The minimum absolute atomic E-state index is 0.0549. The average molecular weight is 1080 g/mol. The molecule has 0 radical (unpaired) electrons. The van der Waals surface area contributed by atoms with Crippen LogP contribution < -0.4 is 0 Å². The average Bonchev–Trinajstić information content (AvgIpc) is 3.38. The lowest BCUT2D eigenvalue weighted by Gasteiger charge is -2.41. The SMILES string of the molecule is CCCCCCCCCCCCCCCCCCCC/C=C/CCCC(=O)O[C@@H](COC(=O)CCCCCCCCCCCCCCCCCCCCCCCC)COP(=O)(O)OC1C(O)C(O)C(O)[C@H](O)C1O. The monoisotopic (exact) mass is 1070 g/mol. The molecule has 14 heteroatoms. The van der Waals surface area contributed by atoms with Gasteiger partial charge in [-0.2, -0.15) is 0 Å². The number of hydrogen-bond donors (Lipinski definition) is 6. The maximum absolute atomic E-state index is 12.9. The van der Waals surface area contributed by atoms with Gasteiger partial charge in [0.05, 0.1) is 6.61 Å². The maximum Gasteiger partial charge on any atom is 0.472 e. The fraction of sp³-hybridized carbons (Fsp3) is 0.933. The molecular formula is C60H115O13P. The lowest BCUT2D eigenvalue weighted by Crippen LogP contribution is -2.64. The molecule has 1 aliphatic rings. The zero-order valence-corrected chi connectivity index (χ0v) is 48.3. The number of carbonyl (C=O) groups excluding carboxylic acids is 2. The predicted octanol–water partition coefficient (Wildman–Crippen LogP) is 14.9. The summed E-state index contributed by atoms with van der Waals surface area (Å²) in [6.45, 7) is 3.36. The van der Waals surface area contributed by atoms with Crippen LogP contribution >= 0.6 is 7.82 Å². The fourth-order valence-electron chi connectivity index (χ4n) is 9.94. The summed E-state index contributed by atoms with van der Waals surface area (Å²) in [4.78, 5) is 36.0. The molecule has 0 amide bonds. The van der Waals surface area contributed by atoms with Crippen LogP contribution in [-0.4, -0.2) is 98.3 Å². The third-order valence-electron chi connectivity index (χ3n) is 14.9. The van der Waals surface area contributed by atoms with Gasteiger partial charge in [0.2, 0.25) is 0 Å². The van der Waals surface area contributed by atoms with Crippen molar-refractivity contribution in [2.75, 3.05) is 13.2 Å². The highest BCUT2D eigenvalue weighted by molar-refractivity contribution is 7.47. The van der Waals surface area contributed by atoms with E-state index in [4.69, 9.17) is 18.5 Å². The van der Waals surface area contributed by atoms with Crippen molar-refractivity contribution in [2.45, 2.75) is 346 Å². The second kappa shape index (κ2) is 49.9. The molecule has 1 saturated carbocycles. The summed E-state index contributed by atoms with van der Waals surface area (Å²) < 4.78 is 33.8. The number of allylic oxidation sites excluding steroid dienone is 2. The number of aliphatic hydroxyl groups is 5. The predicted molar refractivity (Wildman–Crippen MR) is 300 cm³/mol. The van der Waals surface area contributed by atoms with Gasteiger partial charge in [-0.05, 0) is 32.1 Å². The van der Waals surface area contributed by atoms with Crippen molar-refractivity contribution < 1.29 is 63.1 Å². The summed E-state index contributed by atoms with van der Waals surface area (Å²) in [5.41, 5.74) is 0. The largest absolute Gasteiger partial charge is 0.472 e. The number of ether oxygens (including phenoxy) is 2. The first-order valence-corrected chi connectivity index (χ1v) is 32.5. The summed E-state index contributed by atoms with van der Waals surface area (Å²) >= 11 is 0. The minimum atomic E-state index is -5.13. The molecule has 1 aliphatic carbocycles. The standard InChI is InChI=1S/C60H115O13P/c1-3-5-7-9-11-13-15-17-19-21-23-25-27-29-31-33-35-37-39-41-43-45-47-49-54(62)72-52(51-71-74(68,69)73-60-58(66)56(64)55(63)57(65)59(60)67)50-70-53(61)48-46-44-42-40-38-36-34-32-30-28-26-24-22-20-18-16-14-12-10-8-6-4-2/h41,43,52,55-60,63-67H,3-40,42,44-51H2,1-2H3,(H,68,69)/b43-41+/t52-,55?,56-,57?,58?,59?,60?/m0/s1. The van der Waals surface area contributed by atoms with Crippen LogP contribution in [0, 0.1) is 0 Å². The topological polar surface area (TPSA) is 210 Å². The van der Waals surface area contributed by atoms with Gasteiger partial charge < -0.3 is 39.9 Å². The zero-order chi connectivity index (χ0) is 54.2. The highest BCUT2D eigenvalue weighted by Gasteiger charge is 2.51. The van der Waals surface area contributed by atoms with E-state index in [1.807, 2.05) is 0 Å². The highest BCUT2D eigenvalue weighted by atomic mass is 31.2. The van der Waals surface area contributed by atoms with Gasteiger partial charge in [-0.25, -0.2) is 4.57 Å². The third kappa shape index (κ3) is 40.8. The molecule has 0 heterocycles. The van der Waals surface area contributed by atoms with E-state index in [-0.39, 0.29) is 12.8 Å². The molecule has 1 rings (SSSR count). The first-order valence-electron chi connectivity index (χ1n) is 31.0. The molecule has 0 aliphatic heterocycles. The van der Waals surface area contributed by atoms with Gasteiger partial charge in [0.15, 0.2) is 6.10 Å². The Bertz CT molecular complexity index is 1340. The van der Waals surface area contributed by atoms with Crippen molar-refractivity contribution in [1.82, 2.24) is 0 Å². The number of phosphoric acid groups is 1. The van der Waals surface area contributed by atoms with Gasteiger partial charge in [-0.1, -0.05) is 270 Å². The lowest BCUT2D eigenvalue weighted by molar-refractivity contribution is -0.220. The van der Waals surface area contributed by atoms with Gasteiger partial charge in [-0.3, -0.25) is 18.6 Å². The van der Waals surface area contributed by atoms with E-state index in [1.54, 1.807) is 0 Å². The number of carbonyl (C=O) groups is 2. The second-order valence-corrected chi connectivity index (χ2v) is 23.3. The maximum atomic E-state index is 12.9. The number of aliphatic hydroxyl groups excluding tert-OH is 5. The van der Waals surface area contributed by atoms with Crippen LogP contribution in [0.4, 0.5) is 0 Å². The summed E-state index contributed by atoms with van der Waals surface area (Å²) in [6, 6.07) is 0. The third-order valence-corrected chi connectivity index (χ3v) is 15.8. The van der Waals surface area contributed by atoms with Crippen LogP contribution in [0.5, 0.6) is 0 Å². The Hall–Kier alpha value is -1.41. The Balaban J connectivity index is 2.30. The van der Waals surface area contributed by atoms with Crippen molar-refractivity contribution >= 4 is 19.8 Å². The molecule has 6 N–H and O–H groups in total. The van der Waals surface area contributed by atoms with E-state index in [0.29, 0.717) is 19.3 Å². The van der Waals surface area contributed by atoms with Gasteiger partial charge in [0, 0.05) is 12.8 Å². The van der Waals surface area contributed by atoms with Crippen LogP contribution in [0.1, 0.15) is 303 Å². The van der Waals surface area contributed by atoms with Crippen LogP contribution in [0.3, 0.4) is 0 Å². The van der Waals surface area contributed by atoms with Gasteiger partial charge in [0.25, 0.3) is 0 Å². The van der Waals surface area contributed by atoms with Crippen LogP contribution in [0.25, 0.3) is 0 Å². The molecule has 1 fully saturated rings. The van der Waals surface area contributed by atoms with Gasteiger partial charge >= 0.3 is 19.8 Å². The molecular weight excluding hydrogens is 960 g/mol. The second-order valence-electron chi connectivity index (χ2n) is 21.9. The number of hydrogen-bond acceptors (Lipinski definition) is 12. The molecule has 0 aromatic rings. The molecule has 0 spiro atoms. The number of phosphoric ester groups is 1. The van der Waals surface area contributed by atoms with Crippen molar-refractivity contribution in [3.8, 4) is 0 Å².